The summed E-state index contributed by atoms with van der Waals surface area (Å²) in [6.07, 6.45) is 2.48. The average Bonchev–Trinajstić information content (AvgIpc) is 2.16. The van der Waals surface area contributed by atoms with Crippen molar-refractivity contribution >= 4 is 0 Å². The summed E-state index contributed by atoms with van der Waals surface area (Å²) in [5.74, 6) is 0.673. The molecule has 0 radical (unpaired) electrons. The lowest BCUT2D eigenvalue weighted by molar-refractivity contribution is 0.118. The lowest BCUT2D eigenvalue weighted by Gasteiger charge is -2.31. The van der Waals surface area contributed by atoms with Crippen molar-refractivity contribution in [3.63, 3.8) is 0 Å². The number of hydrogen-bond donors (Lipinski definition) is 1. The van der Waals surface area contributed by atoms with Crippen molar-refractivity contribution < 1.29 is 4.74 Å². The minimum Gasteiger partial charge on any atom is -0.383 e. The van der Waals surface area contributed by atoms with Crippen molar-refractivity contribution in [2.75, 3.05) is 33.9 Å². The van der Waals surface area contributed by atoms with E-state index in [9.17, 15) is 0 Å². The molecular weight excluding hydrogens is 176 g/mol. The summed E-state index contributed by atoms with van der Waals surface area (Å²) >= 11 is 0. The number of methoxy groups -OCH3 is 1. The molecular formula is C11H26N2O. The molecule has 2 atom stereocenters. The van der Waals surface area contributed by atoms with E-state index in [0.717, 1.165) is 19.7 Å². The van der Waals surface area contributed by atoms with Crippen molar-refractivity contribution in [1.29, 1.82) is 0 Å². The summed E-state index contributed by atoms with van der Waals surface area (Å²) in [6, 6.07) is 0.491. The Balaban J connectivity index is 3.96. The monoisotopic (exact) mass is 202 g/mol. The first-order valence-electron chi connectivity index (χ1n) is 5.56. The van der Waals surface area contributed by atoms with Crippen LogP contribution in [0.25, 0.3) is 0 Å². The number of nitrogens with two attached hydrogens (primary N) is 1. The van der Waals surface area contributed by atoms with Crippen molar-refractivity contribution in [3.05, 3.63) is 0 Å². The fourth-order valence-electron chi connectivity index (χ4n) is 1.90. The molecule has 0 aliphatic rings. The highest BCUT2D eigenvalue weighted by Crippen LogP contribution is 2.14. The molecule has 0 spiro atoms. The zero-order chi connectivity index (χ0) is 11.0. The quantitative estimate of drug-likeness (QED) is 0.645. The maximum atomic E-state index is 5.79. The maximum Gasteiger partial charge on any atom is 0.0589 e. The Labute approximate surface area is 88.6 Å². The third kappa shape index (κ3) is 4.94. The molecule has 0 saturated heterocycles. The first-order chi connectivity index (χ1) is 6.67. The molecule has 0 aliphatic heterocycles. The summed E-state index contributed by atoms with van der Waals surface area (Å²) in [5.41, 5.74) is 5.79. The Bertz CT molecular complexity index is 130. The molecule has 2 N–H and O–H groups in total. The van der Waals surface area contributed by atoms with Gasteiger partial charge in [0.25, 0.3) is 0 Å². The highest BCUT2D eigenvalue weighted by molar-refractivity contribution is 4.75. The van der Waals surface area contributed by atoms with E-state index in [1.165, 1.54) is 12.8 Å². The molecule has 0 aromatic heterocycles. The number of likely N-dealkylation sites (N-methyl/N-ethyl adjacent to an activating group) is 1. The van der Waals surface area contributed by atoms with Gasteiger partial charge in [-0.3, -0.25) is 4.90 Å². The van der Waals surface area contributed by atoms with Crippen LogP contribution in [0.4, 0.5) is 0 Å². The predicted octanol–water partition coefficient (Wildman–Crippen LogP) is 1.33. The molecule has 0 aromatic rings. The summed E-state index contributed by atoms with van der Waals surface area (Å²) in [7, 11) is 3.86. The highest BCUT2D eigenvalue weighted by atomic mass is 16.5. The first kappa shape index (κ1) is 13.9. The van der Waals surface area contributed by atoms with Gasteiger partial charge in [0, 0.05) is 26.2 Å². The Morgan fingerprint density at radius 3 is 2.50 bits per heavy atom. The molecule has 3 heteroatoms. The SMILES string of the molecule is CCCC(C)C(CN)N(C)CCOC. The molecule has 2 unspecified atom stereocenters. The van der Waals surface area contributed by atoms with Gasteiger partial charge < -0.3 is 10.5 Å². The van der Waals surface area contributed by atoms with E-state index < -0.39 is 0 Å². The third-order valence-corrected chi connectivity index (χ3v) is 2.86. The largest absolute Gasteiger partial charge is 0.383 e. The molecule has 86 valence electrons. The molecule has 0 aromatic carbocycles. The van der Waals surface area contributed by atoms with Crippen LogP contribution in [0.2, 0.25) is 0 Å². The van der Waals surface area contributed by atoms with E-state index in [2.05, 4.69) is 25.8 Å². The van der Waals surface area contributed by atoms with Gasteiger partial charge in [0.1, 0.15) is 0 Å². The van der Waals surface area contributed by atoms with Crippen molar-refractivity contribution in [2.24, 2.45) is 11.7 Å². The number of nitrogens with zero attached hydrogens (tertiary/aromatic N) is 1. The average molecular weight is 202 g/mol. The van der Waals surface area contributed by atoms with Gasteiger partial charge in [-0.15, -0.1) is 0 Å². The van der Waals surface area contributed by atoms with Gasteiger partial charge in [-0.25, -0.2) is 0 Å². The Morgan fingerprint density at radius 1 is 1.43 bits per heavy atom. The van der Waals surface area contributed by atoms with Crippen LogP contribution in [-0.2, 0) is 4.74 Å². The topological polar surface area (TPSA) is 38.5 Å². The molecule has 0 bridgehead atoms. The Hall–Kier alpha value is -0.120. The van der Waals surface area contributed by atoms with Gasteiger partial charge in [-0.05, 0) is 19.4 Å². The van der Waals surface area contributed by atoms with E-state index in [1.807, 2.05) is 0 Å². The normalized spacial score (nSPS) is 15.9. The van der Waals surface area contributed by atoms with E-state index in [4.69, 9.17) is 10.5 Å². The molecule has 0 fully saturated rings. The van der Waals surface area contributed by atoms with Gasteiger partial charge >= 0.3 is 0 Å². The van der Waals surface area contributed by atoms with Gasteiger partial charge in [0.15, 0.2) is 0 Å². The lowest BCUT2D eigenvalue weighted by atomic mass is 9.96. The van der Waals surface area contributed by atoms with E-state index in [1.54, 1.807) is 7.11 Å². The van der Waals surface area contributed by atoms with Crippen molar-refractivity contribution in [3.8, 4) is 0 Å². The number of rotatable bonds is 8. The van der Waals surface area contributed by atoms with E-state index >= 15 is 0 Å². The molecule has 14 heavy (non-hydrogen) atoms. The number of hydrogen-bond acceptors (Lipinski definition) is 3. The standard InChI is InChI=1S/C11H26N2O/c1-5-6-10(2)11(9-12)13(3)7-8-14-4/h10-11H,5-9,12H2,1-4H3. The molecule has 0 aliphatic carbocycles. The Kier molecular flexibility index (Phi) is 8.14. The fourth-order valence-corrected chi connectivity index (χ4v) is 1.90. The minimum absolute atomic E-state index is 0.491. The first-order valence-corrected chi connectivity index (χ1v) is 5.56. The van der Waals surface area contributed by atoms with Crippen LogP contribution in [0.3, 0.4) is 0 Å². The van der Waals surface area contributed by atoms with Crippen LogP contribution in [0.5, 0.6) is 0 Å². The van der Waals surface area contributed by atoms with Crippen molar-refractivity contribution in [2.45, 2.75) is 32.7 Å². The second-order valence-electron chi connectivity index (χ2n) is 4.04. The van der Waals surface area contributed by atoms with Crippen molar-refractivity contribution in [1.82, 2.24) is 4.90 Å². The summed E-state index contributed by atoms with van der Waals surface area (Å²) in [6.45, 7) is 6.99. The summed E-state index contributed by atoms with van der Waals surface area (Å²) in [4.78, 5) is 2.31. The van der Waals surface area contributed by atoms with Crippen LogP contribution in [0, 0.1) is 5.92 Å². The molecule has 0 saturated carbocycles. The van der Waals surface area contributed by atoms with Crippen LogP contribution in [0.15, 0.2) is 0 Å². The van der Waals surface area contributed by atoms with Crippen LogP contribution < -0.4 is 5.73 Å². The maximum absolute atomic E-state index is 5.79. The highest BCUT2D eigenvalue weighted by Gasteiger charge is 2.19. The third-order valence-electron chi connectivity index (χ3n) is 2.86. The predicted molar refractivity (Wildman–Crippen MR) is 61.4 cm³/mol. The molecule has 3 nitrogen and oxygen atoms in total. The van der Waals surface area contributed by atoms with Gasteiger partial charge in [-0.1, -0.05) is 20.3 Å². The second-order valence-corrected chi connectivity index (χ2v) is 4.04. The van der Waals surface area contributed by atoms with E-state index in [0.29, 0.717) is 12.0 Å². The van der Waals surface area contributed by atoms with Crippen LogP contribution >= 0.6 is 0 Å². The zero-order valence-corrected chi connectivity index (χ0v) is 10.1. The van der Waals surface area contributed by atoms with Crippen LogP contribution in [-0.4, -0.2) is 44.8 Å². The summed E-state index contributed by atoms with van der Waals surface area (Å²) in [5, 5.41) is 0. The van der Waals surface area contributed by atoms with Gasteiger partial charge in [-0.2, -0.15) is 0 Å². The van der Waals surface area contributed by atoms with Crippen LogP contribution in [0.1, 0.15) is 26.7 Å². The van der Waals surface area contributed by atoms with Gasteiger partial charge in [0.2, 0.25) is 0 Å². The molecule has 0 heterocycles. The minimum atomic E-state index is 0.491. The Morgan fingerprint density at radius 2 is 2.07 bits per heavy atom. The van der Waals surface area contributed by atoms with Gasteiger partial charge in [0.05, 0.1) is 6.61 Å². The second kappa shape index (κ2) is 8.21. The zero-order valence-electron chi connectivity index (χ0n) is 10.1. The molecule has 0 rings (SSSR count). The van der Waals surface area contributed by atoms with E-state index in [-0.39, 0.29) is 0 Å². The lowest BCUT2D eigenvalue weighted by Crippen LogP contribution is -2.43. The summed E-state index contributed by atoms with van der Waals surface area (Å²) < 4.78 is 5.06. The smallest absolute Gasteiger partial charge is 0.0589 e. The fraction of sp³-hybridized carbons (Fsp3) is 1.00. The number of ether oxygens (including phenoxy) is 1. The molecule has 0 amide bonds.